The van der Waals surface area contributed by atoms with Crippen molar-refractivity contribution in [3.05, 3.63) is 83.4 Å². The van der Waals surface area contributed by atoms with Gasteiger partial charge in [-0.25, -0.2) is 0 Å². The van der Waals surface area contributed by atoms with E-state index in [-0.39, 0.29) is 11.6 Å². The molecule has 0 spiro atoms. The Kier molecular flexibility index (Phi) is 6.09. The number of benzene rings is 2. The van der Waals surface area contributed by atoms with Gasteiger partial charge in [-0.15, -0.1) is 0 Å². The Bertz CT molecular complexity index is 1220. The van der Waals surface area contributed by atoms with E-state index in [1.807, 2.05) is 24.3 Å². The number of carbonyl (C=O) groups excluding carboxylic acids is 1. The third-order valence-electron chi connectivity index (χ3n) is 4.20. The number of anilines is 1. The van der Waals surface area contributed by atoms with Crippen molar-refractivity contribution in [3.8, 4) is 11.3 Å². The standard InChI is InChI=1S/C20H10BrIN2O4S2/c21-16-7-5-13(24(26)27)9-15(16)17-8-6-14(28-17)10-18-19(25)23(20(29)30-18)12-3-1-11(22)2-4-12/h1-10H/b18-10+. The van der Waals surface area contributed by atoms with E-state index in [1.54, 1.807) is 24.3 Å². The Morgan fingerprint density at radius 3 is 2.60 bits per heavy atom. The molecule has 0 bridgehead atoms. The number of rotatable bonds is 4. The predicted molar refractivity (Wildman–Crippen MR) is 133 cm³/mol. The second-order valence-electron chi connectivity index (χ2n) is 6.12. The minimum Gasteiger partial charge on any atom is -0.457 e. The summed E-state index contributed by atoms with van der Waals surface area (Å²) in [6.45, 7) is 0. The number of nitro groups is 1. The van der Waals surface area contributed by atoms with Crippen molar-refractivity contribution < 1.29 is 14.1 Å². The molecular weight excluding hydrogens is 603 g/mol. The first-order valence-corrected chi connectivity index (χ1v) is 11.5. The van der Waals surface area contributed by atoms with Gasteiger partial charge in [0.15, 0.2) is 4.32 Å². The van der Waals surface area contributed by atoms with Crippen LogP contribution in [0.2, 0.25) is 0 Å². The first-order valence-electron chi connectivity index (χ1n) is 8.41. The minimum absolute atomic E-state index is 0.0375. The number of carbonyl (C=O) groups is 1. The molecule has 0 saturated carbocycles. The fourth-order valence-corrected chi connectivity index (χ4v) is 4.88. The number of non-ortho nitro benzene ring substituents is 1. The van der Waals surface area contributed by atoms with Crippen LogP contribution in [0.4, 0.5) is 11.4 Å². The highest BCUT2D eigenvalue weighted by Crippen LogP contribution is 2.38. The molecule has 1 saturated heterocycles. The van der Waals surface area contributed by atoms with Crippen LogP contribution in [0, 0.1) is 13.7 Å². The van der Waals surface area contributed by atoms with Gasteiger partial charge in [0.2, 0.25) is 0 Å². The summed E-state index contributed by atoms with van der Waals surface area (Å²) in [6.07, 6.45) is 1.63. The fourth-order valence-electron chi connectivity index (χ4n) is 2.80. The van der Waals surface area contributed by atoms with Gasteiger partial charge < -0.3 is 4.42 Å². The largest absolute Gasteiger partial charge is 0.457 e. The van der Waals surface area contributed by atoms with Gasteiger partial charge in [0.05, 0.1) is 15.5 Å². The summed E-state index contributed by atoms with van der Waals surface area (Å²) in [7, 11) is 0. The van der Waals surface area contributed by atoms with E-state index >= 15 is 0 Å². The van der Waals surface area contributed by atoms with Gasteiger partial charge in [-0.3, -0.25) is 19.8 Å². The molecular formula is C20H10BrIN2O4S2. The van der Waals surface area contributed by atoms with E-state index in [1.165, 1.54) is 28.8 Å². The van der Waals surface area contributed by atoms with E-state index in [0.717, 1.165) is 3.57 Å². The van der Waals surface area contributed by atoms with Gasteiger partial charge in [0.25, 0.3) is 11.6 Å². The summed E-state index contributed by atoms with van der Waals surface area (Å²) in [6, 6.07) is 15.4. The average molecular weight is 613 g/mol. The molecule has 1 fully saturated rings. The van der Waals surface area contributed by atoms with Gasteiger partial charge in [-0.1, -0.05) is 39.9 Å². The fraction of sp³-hybridized carbons (Fsp3) is 0. The molecule has 2 heterocycles. The van der Waals surface area contributed by atoms with Crippen LogP contribution in [0.5, 0.6) is 0 Å². The number of nitrogens with zero attached hydrogens (tertiary/aromatic N) is 2. The van der Waals surface area contributed by atoms with Crippen LogP contribution in [0.15, 0.2) is 68.4 Å². The zero-order valence-electron chi connectivity index (χ0n) is 14.9. The summed E-state index contributed by atoms with van der Waals surface area (Å²) < 4.78 is 8.00. The second kappa shape index (κ2) is 8.61. The van der Waals surface area contributed by atoms with Crippen molar-refractivity contribution >= 4 is 90.2 Å². The van der Waals surface area contributed by atoms with Crippen LogP contribution in [0.25, 0.3) is 17.4 Å². The van der Waals surface area contributed by atoms with Crippen LogP contribution >= 0.6 is 62.5 Å². The average Bonchev–Trinajstić information content (AvgIpc) is 3.27. The van der Waals surface area contributed by atoms with Gasteiger partial charge in [0, 0.05) is 31.8 Å². The molecule has 1 aliphatic heterocycles. The Morgan fingerprint density at radius 1 is 1.17 bits per heavy atom. The van der Waals surface area contributed by atoms with Crippen LogP contribution in [-0.2, 0) is 4.79 Å². The molecule has 6 nitrogen and oxygen atoms in total. The molecule has 30 heavy (non-hydrogen) atoms. The lowest BCUT2D eigenvalue weighted by atomic mass is 10.1. The maximum absolute atomic E-state index is 12.9. The van der Waals surface area contributed by atoms with Gasteiger partial charge in [-0.2, -0.15) is 0 Å². The molecule has 150 valence electrons. The van der Waals surface area contributed by atoms with Gasteiger partial charge in [-0.05, 0) is 65.1 Å². The van der Waals surface area contributed by atoms with E-state index in [9.17, 15) is 14.9 Å². The smallest absolute Gasteiger partial charge is 0.270 e. The molecule has 0 N–H and O–H groups in total. The summed E-state index contributed by atoms with van der Waals surface area (Å²) >= 11 is 12.2. The third-order valence-corrected chi connectivity index (χ3v) is 6.92. The van der Waals surface area contributed by atoms with Gasteiger partial charge in [0.1, 0.15) is 11.5 Å². The summed E-state index contributed by atoms with van der Waals surface area (Å²) in [5, 5.41) is 11.1. The molecule has 4 rings (SSSR count). The van der Waals surface area contributed by atoms with E-state index in [0.29, 0.717) is 36.5 Å². The van der Waals surface area contributed by atoms with Crippen LogP contribution < -0.4 is 4.90 Å². The van der Waals surface area contributed by atoms with E-state index in [4.69, 9.17) is 16.6 Å². The normalized spacial score (nSPS) is 15.3. The van der Waals surface area contributed by atoms with Crippen molar-refractivity contribution in [2.45, 2.75) is 0 Å². The molecule has 2 aromatic carbocycles. The number of nitro benzene ring substituents is 1. The lowest BCUT2D eigenvalue weighted by Crippen LogP contribution is -2.27. The van der Waals surface area contributed by atoms with Crippen molar-refractivity contribution in [1.29, 1.82) is 0 Å². The topological polar surface area (TPSA) is 76.6 Å². The predicted octanol–water partition coefficient (Wildman–Crippen LogP) is 6.63. The molecule has 3 aromatic rings. The number of halogens is 2. The Morgan fingerprint density at radius 2 is 1.90 bits per heavy atom. The number of thiocarbonyl (C=S) groups is 1. The first-order chi connectivity index (χ1) is 14.3. The molecule has 0 atom stereocenters. The van der Waals surface area contributed by atoms with Crippen molar-refractivity contribution in [1.82, 2.24) is 0 Å². The number of furan rings is 1. The summed E-state index contributed by atoms with van der Waals surface area (Å²) in [4.78, 5) is 25.4. The second-order valence-corrected chi connectivity index (χ2v) is 9.89. The molecule has 10 heteroatoms. The Labute approximate surface area is 202 Å². The van der Waals surface area contributed by atoms with Crippen molar-refractivity contribution in [3.63, 3.8) is 0 Å². The van der Waals surface area contributed by atoms with E-state index < -0.39 is 4.92 Å². The summed E-state index contributed by atoms with van der Waals surface area (Å²) in [5.74, 6) is 0.678. The lowest BCUT2D eigenvalue weighted by molar-refractivity contribution is -0.384. The van der Waals surface area contributed by atoms with Crippen LogP contribution in [0.3, 0.4) is 0 Å². The maximum atomic E-state index is 12.9. The first kappa shape index (κ1) is 21.2. The number of hydrogen-bond acceptors (Lipinski definition) is 6. The number of thioether (sulfide) groups is 1. The highest BCUT2D eigenvalue weighted by molar-refractivity contribution is 14.1. The van der Waals surface area contributed by atoms with Gasteiger partial charge >= 0.3 is 0 Å². The summed E-state index contributed by atoms with van der Waals surface area (Å²) in [5.41, 5.74) is 1.22. The molecule has 1 aromatic heterocycles. The highest BCUT2D eigenvalue weighted by Gasteiger charge is 2.33. The molecule has 1 amide bonds. The van der Waals surface area contributed by atoms with Crippen LogP contribution in [0.1, 0.15) is 5.76 Å². The zero-order valence-corrected chi connectivity index (χ0v) is 20.2. The minimum atomic E-state index is -0.463. The van der Waals surface area contributed by atoms with Crippen molar-refractivity contribution in [2.24, 2.45) is 0 Å². The zero-order chi connectivity index (χ0) is 21.4. The third kappa shape index (κ3) is 4.22. The Balaban J connectivity index is 1.63. The van der Waals surface area contributed by atoms with Crippen LogP contribution in [-0.4, -0.2) is 15.2 Å². The molecule has 1 aliphatic rings. The molecule has 0 radical (unpaired) electrons. The highest BCUT2D eigenvalue weighted by atomic mass is 127. The SMILES string of the molecule is O=C1/C(=C\c2ccc(-c3cc([N+](=O)[O-])ccc3Br)o2)SC(=S)N1c1ccc(I)cc1. The quantitative estimate of drug-likeness (QED) is 0.108. The maximum Gasteiger partial charge on any atom is 0.270 e. The monoisotopic (exact) mass is 612 g/mol. The number of hydrogen-bond donors (Lipinski definition) is 0. The van der Waals surface area contributed by atoms with E-state index in [2.05, 4.69) is 38.5 Å². The Hall–Kier alpha value is -2.02. The molecule has 0 unspecified atom stereocenters. The lowest BCUT2D eigenvalue weighted by Gasteiger charge is -2.14. The number of amides is 1. The molecule has 0 aliphatic carbocycles. The van der Waals surface area contributed by atoms with Crippen molar-refractivity contribution in [2.75, 3.05) is 4.90 Å².